The fourth-order valence-electron chi connectivity index (χ4n) is 1.53. The predicted molar refractivity (Wildman–Crippen MR) is 55.4 cm³/mol. The molecule has 1 amide bonds. The van der Waals surface area contributed by atoms with Crippen LogP contribution in [0.25, 0.3) is 0 Å². The summed E-state index contributed by atoms with van der Waals surface area (Å²) in [7, 11) is 0. The second kappa shape index (κ2) is 4.27. The van der Waals surface area contributed by atoms with Gasteiger partial charge in [-0.15, -0.1) is 0 Å². The number of aryl methyl sites for hydroxylation is 1. The number of nitrogens with zero attached hydrogens (tertiary/aromatic N) is 3. The Kier molecular flexibility index (Phi) is 3.23. The summed E-state index contributed by atoms with van der Waals surface area (Å²) in [5, 5.41) is 14.7. The highest BCUT2D eigenvalue weighted by Crippen LogP contribution is 2.24. The average molecular weight is 227 g/mol. The summed E-state index contributed by atoms with van der Waals surface area (Å²) in [5.74, 6) is 4.53. The molecule has 0 radical (unpaired) electrons. The molecular weight excluding hydrogens is 214 g/mol. The largest absolute Gasteiger partial charge is 0.312 e. The van der Waals surface area contributed by atoms with Crippen LogP contribution >= 0.6 is 0 Å². The molecule has 0 fully saturated rings. The van der Waals surface area contributed by atoms with Gasteiger partial charge in [0.25, 0.3) is 5.91 Å². The Balaban J connectivity index is 3.22. The summed E-state index contributed by atoms with van der Waals surface area (Å²) in [6, 6.07) is -0.683. The van der Waals surface area contributed by atoms with Crippen molar-refractivity contribution >= 4 is 11.6 Å². The Labute approximate surface area is 91.5 Å². The quantitative estimate of drug-likeness (QED) is 0.325. The number of hydrogen-bond donors (Lipinski definition) is 2. The zero-order valence-electron chi connectivity index (χ0n) is 9.22. The molecule has 1 rings (SSSR count). The van der Waals surface area contributed by atoms with Crippen molar-refractivity contribution in [1.82, 2.24) is 15.2 Å². The van der Waals surface area contributed by atoms with Crippen LogP contribution in [-0.4, -0.2) is 20.6 Å². The zero-order valence-corrected chi connectivity index (χ0v) is 9.22. The lowest BCUT2D eigenvalue weighted by Crippen LogP contribution is -2.36. The molecule has 1 aromatic rings. The molecule has 8 nitrogen and oxygen atoms in total. The van der Waals surface area contributed by atoms with E-state index in [9.17, 15) is 14.9 Å². The van der Waals surface area contributed by atoms with Crippen LogP contribution in [-0.2, 0) is 4.79 Å². The summed E-state index contributed by atoms with van der Waals surface area (Å²) in [5.41, 5.74) is 2.52. The molecule has 0 bridgehead atoms. The van der Waals surface area contributed by atoms with E-state index in [1.165, 1.54) is 11.6 Å². The van der Waals surface area contributed by atoms with Crippen LogP contribution in [0.15, 0.2) is 0 Å². The van der Waals surface area contributed by atoms with E-state index in [0.717, 1.165) is 0 Å². The third-order valence-corrected chi connectivity index (χ3v) is 2.36. The summed E-state index contributed by atoms with van der Waals surface area (Å²) < 4.78 is 1.29. The van der Waals surface area contributed by atoms with Crippen LogP contribution < -0.4 is 11.3 Å². The van der Waals surface area contributed by atoms with Gasteiger partial charge < -0.3 is 0 Å². The lowest BCUT2D eigenvalue weighted by molar-refractivity contribution is -0.386. The van der Waals surface area contributed by atoms with E-state index in [1.54, 1.807) is 13.8 Å². The smallest absolute Gasteiger partial charge is 0.292 e. The number of nitrogens with one attached hydrogen (secondary N) is 1. The lowest BCUT2D eigenvalue weighted by atomic mass is 10.3. The summed E-state index contributed by atoms with van der Waals surface area (Å²) in [4.78, 5) is 21.5. The molecule has 0 saturated carbocycles. The van der Waals surface area contributed by atoms with Crippen LogP contribution in [0.5, 0.6) is 0 Å². The first-order valence-electron chi connectivity index (χ1n) is 4.60. The maximum Gasteiger partial charge on any atom is 0.312 e. The van der Waals surface area contributed by atoms with Gasteiger partial charge in [-0.3, -0.25) is 25.0 Å². The number of nitrogens with two attached hydrogens (primary N) is 1. The Morgan fingerprint density at radius 2 is 2.19 bits per heavy atom. The molecule has 1 heterocycles. The van der Waals surface area contributed by atoms with Gasteiger partial charge in [-0.1, -0.05) is 0 Å². The molecular formula is C8H13N5O3. The first-order valence-corrected chi connectivity index (χ1v) is 4.60. The van der Waals surface area contributed by atoms with Crippen molar-refractivity contribution in [2.24, 2.45) is 5.84 Å². The van der Waals surface area contributed by atoms with Crippen LogP contribution in [0.1, 0.15) is 24.4 Å². The summed E-state index contributed by atoms with van der Waals surface area (Å²) in [6.45, 7) is 4.62. The number of nitro groups is 1. The minimum absolute atomic E-state index is 0.0725. The fraction of sp³-hybridized carbons (Fsp3) is 0.500. The lowest BCUT2D eigenvalue weighted by Gasteiger charge is -2.11. The Morgan fingerprint density at radius 3 is 2.56 bits per heavy atom. The van der Waals surface area contributed by atoms with Gasteiger partial charge in [0, 0.05) is 0 Å². The highest BCUT2D eigenvalue weighted by molar-refractivity contribution is 5.79. The van der Waals surface area contributed by atoms with E-state index in [-0.39, 0.29) is 11.4 Å². The predicted octanol–water partition coefficient (Wildman–Crippen LogP) is -0.0410. The SMILES string of the molecule is Cc1nn(C(C)C(=O)NN)c(C)c1[N+](=O)[O-]. The third kappa shape index (κ3) is 1.87. The molecule has 0 aliphatic rings. The molecule has 1 atom stereocenters. The number of carbonyl (C=O) groups excluding carboxylic acids is 1. The minimum Gasteiger partial charge on any atom is -0.292 e. The second-order valence-electron chi connectivity index (χ2n) is 3.41. The molecule has 0 aliphatic carbocycles. The monoisotopic (exact) mass is 227 g/mol. The average Bonchev–Trinajstić information content (AvgIpc) is 2.51. The van der Waals surface area contributed by atoms with Crippen LogP contribution in [0.3, 0.4) is 0 Å². The van der Waals surface area contributed by atoms with E-state index in [0.29, 0.717) is 5.69 Å². The topological polar surface area (TPSA) is 116 Å². The maximum atomic E-state index is 11.3. The first kappa shape index (κ1) is 12.1. The number of carbonyl (C=O) groups is 1. The maximum absolute atomic E-state index is 11.3. The number of amides is 1. The normalized spacial score (nSPS) is 12.2. The van der Waals surface area contributed by atoms with Gasteiger partial charge in [0.05, 0.1) is 4.92 Å². The van der Waals surface area contributed by atoms with E-state index in [4.69, 9.17) is 5.84 Å². The number of hydrazine groups is 1. The van der Waals surface area contributed by atoms with Crippen molar-refractivity contribution in [2.45, 2.75) is 26.8 Å². The molecule has 0 aliphatic heterocycles. The van der Waals surface area contributed by atoms with Crippen molar-refractivity contribution in [1.29, 1.82) is 0 Å². The van der Waals surface area contributed by atoms with Gasteiger partial charge in [-0.2, -0.15) is 5.10 Å². The summed E-state index contributed by atoms with van der Waals surface area (Å²) in [6.07, 6.45) is 0. The molecule has 1 unspecified atom stereocenters. The van der Waals surface area contributed by atoms with Crippen molar-refractivity contribution < 1.29 is 9.72 Å². The van der Waals surface area contributed by atoms with Crippen molar-refractivity contribution in [2.75, 3.05) is 0 Å². The van der Waals surface area contributed by atoms with Gasteiger partial charge in [0.2, 0.25) is 0 Å². The first-order chi connectivity index (χ1) is 7.40. The van der Waals surface area contributed by atoms with Crippen LogP contribution in [0.4, 0.5) is 5.69 Å². The third-order valence-electron chi connectivity index (χ3n) is 2.36. The van der Waals surface area contributed by atoms with Gasteiger partial charge in [-0.05, 0) is 20.8 Å². The molecule has 88 valence electrons. The minimum atomic E-state index is -0.683. The Hall–Kier alpha value is -1.96. The van der Waals surface area contributed by atoms with Gasteiger partial charge in [0.1, 0.15) is 17.4 Å². The highest BCUT2D eigenvalue weighted by Gasteiger charge is 2.26. The molecule has 0 spiro atoms. The number of aromatic nitrogens is 2. The molecule has 8 heteroatoms. The summed E-state index contributed by atoms with van der Waals surface area (Å²) >= 11 is 0. The Bertz CT molecular complexity index is 439. The van der Waals surface area contributed by atoms with E-state index in [1.807, 2.05) is 5.43 Å². The molecule has 1 aromatic heterocycles. The van der Waals surface area contributed by atoms with Gasteiger partial charge in [-0.25, -0.2) is 5.84 Å². The van der Waals surface area contributed by atoms with Gasteiger partial charge in [0.15, 0.2) is 0 Å². The van der Waals surface area contributed by atoms with Crippen LogP contribution in [0.2, 0.25) is 0 Å². The fourth-order valence-corrected chi connectivity index (χ4v) is 1.53. The van der Waals surface area contributed by atoms with Crippen molar-refractivity contribution in [3.63, 3.8) is 0 Å². The highest BCUT2D eigenvalue weighted by atomic mass is 16.6. The molecule has 0 saturated heterocycles. The molecule has 16 heavy (non-hydrogen) atoms. The number of rotatable bonds is 3. The number of hydrogen-bond acceptors (Lipinski definition) is 5. The molecule has 0 aromatic carbocycles. The Morgan fingerprint density at radius 1 is 1.62 bits per heavy atom. The van der Waals surface area contributed by atoms with E-state index < -0.39 is 16.9 Å². The van der Waals surface area contributed by atoms with E-state index in [2.05, 4.69) is 5.10 Å². The second-order valence-corrected chi connectivity index (χ2v) is 3.41. The molecule has 3 N–H and O–H groups in total. The van der Waals surface area contributed by atoms with Gasteiger partial charge >= 0.3 is 5.69 Å². The van der Waals surface area contributed by atoms with E-state index >= 15 is 0 Å². The van der Waals surface area contributed by atoms with Crippen molar-refractivity contribution in [3.8, 4) is 0 Å². The zero-order chi connectivity index (χ0) is 12.5. The van der Waals surface area contributed by atoms with Crippen LogP contribution in [0, 0.1) is 24.0 Å². The van der Waals surface area contributed by atoms with Crippen molar-refractivity contribution in [3.05, 3.63) is 21.5 Å². The standard InChI is InChI=1S/C8H13N5O3/c1-4-7(13(15)16)5(2)12(11-4)6(3)8(14)10-9/h6H,9H2,1-3H3,(H,10,14).